The summed E-state index contributed by atoms with van der Waals surface area (Å²) in [5.74, 6) is -0.348. The average Bonchev–Trinajstić information content (AvgIpc) is 3.13. The number of benzene rings is 3. The summed E-state index contributed by atoms with van der Waals surface area (Å²) in [6, 6.07) is 16.4. The van der Waals surface area contributed by atoms with Gasteiger partial charge in [0.05, 0.1) is 31.4 Å². The van der Waals surface area contributed by atoms with Crippen LogP contribution in [0.1, 0.15) is 43.9 Å². The van der Waals surface area contributed by atoms with Gasteiger partial charge in [0, 0.05) is 17.5 Å². The maximum atomic E-state index is 14.6. The number of carbonyl (C=O) groups is 1. The minimum Gasteiger partial charge on any atom is -0.493 e. The highest BCUT2D eigenvalue weighted by atomic mass is 32.2. The first-order valence-electron chi connectivity index (χ1n) is 12.3. The molecular weight excluding hydrogens is 493 g/mol. The molecule has 2 atom stereocenters. The van der Waals surface area contributed by atoms with Gasteiger partial charge in [0.15, 0.2) is 11.5 Å². The topological polar surface area (TPSA) is 72.9 Å². The lowest BCUT2D eigenvalue weighted by Crippen LogP contribution is -2.37. The Hall–Kier alpha value is -3.39. The van der Waals surface area contributed by atoms with Crippen LogP contribution in [-0.4, -0.2) is 40.1 Å². The highest BCUT2D eigenvalue weighted by Gasteiger charge is 2.43. The molecule has 0 spiro atoms. The normalized spacial score (nSPS) is 16.1. The summed E-state index contributed by atoms with van der Waals surface area (Å²) in [5, 5.41) is 0. The van der Waals surface area contributed by atoms with E-state index in [0.717, 1.165) is 11.8 Å². The highest BCUT2D eigenvalue weighted by Crippen LogP contribution is 2.47. The first-order chi connectivity index (χ1) is 17.6. The van der Waals surface area contributed by atoms with Crippen molar-refractivity contribution in [3.63, 3.8) is 0 Å². The van der Waals surface area contributed by atoms with E-state index >= 15 is 0 Å². The Bertz CT molecular complexity index is 1420. The number of halogens is 1. The van der Waals surface area contributed by atoms with E-state index in [0.29, 0.717) is 40.5 Å². The second-order valence-corrected chi connectivity index (χ2v) is 11.8. The van der Waals surface area contributed by atoms with E-state index in [1.807, 2.05) is 26.8 Å². The van der Waals surface area contributed by atoms with Crippen LogP contribution in [0.25, 0.3) is 11.1 Å². The fourth-order valence-electron chi connectivity index (χ4n) is 5.03. The van der Waals surface area contributed by atoms with E-state index < -0.39 is 21.8 Å². The Labute approximate surface area is 217 Å². The van der Waals surface area contributed by atoms with Gasteiger partial charge in [0.25, 0.3) is 0 Å². The van der Waals surface area contributed by atoms with Crippen LogP contribution in [-0.2, 0) is 14.6 Å². The van der Waals surface area contributed by atoms with Crippen molar-refractivity contribution < 1.29 is 27.1 Å². The Morgan fingerprint density at radius 1 is 1.03 bits per heavy atom. The highest BCUT2D eigenvalue weighted by molar-refractivity contribution is 7.90. The summed E-state index contributed by atoms with van der Waals surface area (Å²) in [6.07, 6.45) is 1.16. The molecule has 8 heteroatoms. The van der Waals surface area contributed by atoms with Crippen molar-refractivity contribution in [2.24, 2.45) is 5.92 Å². The third kappa shape index (κ3) is 5.34. The van der Waals surface area contributed by atoms with Crippen molar-refractivity contribution in [3.8, 4) is 22.6 Å². The molecule has 0 saturated heterocycles. The molecule has 1 aliphatic heterocycles. The molecule has 196 valence electrons. The minimum absolute atomic E-state index is 0.0548. The molecule has 37 heavy (non-hydrogen) atoms. The van der Waals surface area contributed by atoms with E-state index in [4.69, 9.17) is 9.47 Å². The molecule has 1 heterocycles. The number of amides is 1. The van der Waals surface area contributed by atoms with Crippen LogP contribution >= 0.6 is 0 Å². The van der Waals surface area contributed by atoms with E-state index in [-0.39, 0.29) is 23.4 Å². The first kappa shape index (κ1) is 26.7. The zero-order chi connectivity index (χ0) is 26.9. The molecule has 6 nitrogen and oxygen atoms in total. The predicted octanol–water partition coefficient (Wildman–Crippen LogP) is 5.77. The molecule has 3 aromatic rings. The number of hydrogen-bond donors (Lipinski definition) is 0. The molecule has 0 aromatic heterocycles. The molecule has 3 aromatic carbocycles. The van der Waals surface area contributed by atoms with Gasteiger partial charge in [0.2, 0.25) is 5.91 Å². The fraction of sp³-hybridized carbons (Fsp3) is 0.345. The largest absolute Gasteiger partial charge is 0.493 e. The summed E-state index contributed by atoms with van der Waals surface area (Å²) in [6.45, 7) is 6.16. The minimum atomic E-state index is -3.49. The van der Waals surface area contributed by atoms with Crippen LogP contribution in [0, 0.1) is 11.7 Å². The van der Waals surface area contributed by atoms with Crippen LogP contribution in [0.4, 0.5) is 10.1 Å². The maximum absolute atomic E-state index is 14.6. The Balaban J connectivity index is 1.89. The van der Waals surface area contributed by atoms with Crippen molar-refractivity contribution in [2.45, 2.75) is 32.7 Å². The Kier molecular flexibility index (Phi) is 7.59. The molecule has 1 aliphatic rings. The Morgan fingerprint density at radius 3 is 2.38 bits per heavy atom. The van der Waals surface area contributed by atoms with Crippen molar-refractivity contribution in [1.29, 1.82) is 0 Å². The van der Waals surface area contributed by atoms with Crippen LogP contribution in [0.3, 0.4) is 0 Å². The van der Waals surface area contributed by atoms with E-state index in [1.165, 1.54) is 13.2 Å². The molecule has 0 radical (unpaired) electrons. The van der Waals surface area contributed by atoms with Crippen LogP contribution in [0.2, 0.25) is 0 Å². The summed E-state index contributed by atoms with van der Waals surface area (Å²) in [4.78, 5) is 15.5. The van der Waals surface area contributed by atoms with Gasteiger partial charge in [-0.15, -0.1) is 0 Å². The molecule has 4 rings (SSSR count). The van der Waals surface area contributed by atoms with Gasteiger partial charge in [-0.05, 0) is 59.9 Å². The zero-order valence-electron chi connectivity index (χ0n) is 21.7. The van der Waals surface area contributed by atoms with Crippen molar-refractivity contribution in [2.75, 3.05) is 30.6 Å². The molecule has 1 unspecified atom stereocenters. The fourth-order valence-corrected chi connectivity index (χ4v) is 5.94. The summed E-state index contributed by atoms with van der Waals surface area (Å²) >= 11 is 0. The molecule has 0 bridgehead atoms. The van der Waals surface area contributed by atoms with E-state index in [9.17, 15) is 17.6 Å². The van der Waals surface area contributed by atoms with Gasteiger partial charge in [-0.1, -0.05) is 44.2 Å². The number of anilines is 1. The number of methoxy groups -OCH3 is 1. The second kappa shape index (κ2) is 10.5. The summed E-state index contributed by atoms with van der Waals surface area (Å²) in [7, 11) is -1.95. The number of sulfone groups is 1. The van der Waals surface area contributed by atoms with Crippen molar-refractivity contribution in [1.82, 2.24) is 0 Å². The number of carbonyl (C=O) groups excluding carboxylic acids is 1. The third-order valence-corrected chi connectivity index (χ3v) is 7.54. The molecular formula is C29H32FNO5S. The number of hydrogen-bond acceptors (Lipinski definition) is 5. The maximum Gasteiger partial charge on any atom is 0.235 e. The van der Waals surface area contributed by atoms with Gasteiger partial charge < -0.3 is 14.4 Å². The van der Waals surface area contributed by atoms with Gasteiger partial charge in [-0.2, -0.15) is 0 Å². The summed E-state index contributed by atoms with van der Waals surface area (Å²) < 4.78 is 50.9. The lowest BCUT2D eigenvalue weighted by molar-refractivity contribution is -0.120. The molecule has 1 amide bonds. The lowest BCUT2D eigenvalue weighted by Gasteiger charge is -2.30. The second-order valence-electron chi connectivity index (χ2n) is 9.63. The third-order valence-electron chi connectivity index (χ3n) is 6.62. The zero-order valence-corrected chi connectivity index (χ0v) is 22.5. The summed E-state index contributed by atoms with van der Waals surface area (Å²) in [5.41, 5.74) is 3.13. The molecule has 0 saturated carbocycles. The molecule has 0 fully saturated rings. The number of nitrogens with zero attached hydrogens (tertiary/aromatic N) is 1. The van der Waals surface area contributed by atoms with Crippen LogP contribution in [0.5, 0.6) is 11.5 Å². The first-order valence-corrected chi connectivity index (χ1v) is 14.3. The van der Waals surface area contributed by atoms with E-state index in [2.05, 4.69) is 0 Å². The van der Waals surface area contributed by atoms with Crippen LogP contribution < -0.4 is 14.4 Å². The molecule has 0 N–H and O–H groups in total. The standard InChI is InChI=1S/C29H32FNO5S/c1-6-36-27-16-20(12-14-26(27)35-4)25(17-37(5,33)34)31-24-13-11-19(21-9-7-8-10-23(21)30)15-22(24)28(18(2)3)29(31)32/h7-16,18,25,28H,6,17H2,1-5H3/t25-,28?/m1/s1. The number of fused-ring (bicyclic) bond motifs is 1. The van der Waals surface area contributed by atoms with Gasteiger partial charge in [-0.25, -0.2) is 12.8 Å². The molecule has 0 aliphatic carbocycles. The Morgan fingerprint density at radius 2 is 1.76 bits per heavy atom. The van der Waals surface area contributed by atoms with Gasteiger partial charge >= 0.3 is 0 Å². The SMILES string of the molecule is CCOc1cc([C@@H](CS(C)(=O)=O)N2C(=O)C(C(C)C)c3cc(-c4ccccc4F)ccc32)ccc1OC. The number of ether oxygens (including phenoxy) is 2. The van der Waals surface area contributed by atoms with Crippen LogP contribution in [0.15, 0.2) is 60.7 Å². The lowest BCUT2D eigenvalue weighted by atomic mass is 9.88. The number of rotatable bonds is 9. The van der Waals surface area contributed by atoms with Crippen molar-refractivity contribution >= 4 is 21.4 Å². The van der Waals surface area contributed by atoms with Crippen molar-refractivity contribution in [3.05, 3.63) is 77.6 Å². The van der Waals surface area contributed by atoms with Gasteiger partial charge in [-0.3, -0.25) is 4.79 Å². The predicted molar refractivity (Wildman–Crippen MR) is 144 cm³/mol. The monoisotopic (exact) mass is 525 g/mol. The quantitative estimate of drug-likeness (QED) is 0.355. The average molecular weight is 526 g/mol. The van der Waals surface area contributed by atoms with Gasteiger partial charge in [0.1, 0.15) is 15.7 Å². The van der Waals surface area contributed by atoms with E-state index in [1.54, 1.807) is 53.4 Å². The smallest absolute Gasteiger partial charge is 0.235 e.